The van der Waals surface area contributed by atoms with Crippen LogP contribution in [-0.2, 0) is 4.79 Å². The number of carboxylic acids is 1. The number of hydrogen-bond donors (Lipinski definition) is 1. The third kappa shape index (κ3) is 2.73. The van der Waals surface area contributed by atoms with Gasteiger partial charge >= 0.3 is 5.97 Å². The van der Waals surface area contributed by atoms with Gasteiger partial charge in [0.1, 0.15) is 0 Å². The molecule has 2 fully saturated rings. The lowest BCUT2D eigenvalue weighted by molar-refractivity contribution is -0.144. The number of hydrogen-bond acceptors (Lipinski definition) is 2. The molecule has 1 saturated heterocycles. The Hall–Kier alpha value is -1.35. The maximum absolute atomic E-state index is 11.1. The van der Waals surface area contributed by atoms with E-state index in [0.29, 0.717) is 12.0 Å². The summed E-state index contributed by atoms with van der Waals surface area (Å²) < 4.78 is 0. The molecule has 1 aromatic rings. The molecule has 0 spiro atoms. The van der Waals surface area contributed by atoms with Crippen LogP contribution in [0.5, 0.6) is 0 Å². The summed E-state index contributed by atoms with van der Waals surface area (Å²) >= 11 is 0. The van der Waals surface area contributed by atoms with Crippen LogP contribution in [0.1, 0.15) is 42.7 Å². The van der Waals surface area contributed by atoms with E-state index in [9.17, 15) is 4.79 Å². The molecule has 2 aliphatic rings. The molecule has 1 heterocycles. The van der Waals surface area contributed by atoms with Gasteiger partial charge in [0.2, 0.25) is 0 Å². The largest absolute Gasteiger partial charge is 0.481 e. The molecule has 3 rings (SSSR count). The standard InChI is InChI=1S/C17H23NO2/c1-12-4-6-13(7-5-12)15-9-16(10-15)18-8-2-3-14(11-18)17(19)20/h4-7,14-16H,2-3,8-11H2,1H3,(H,19,20). The number of nitrogens with zero attached hydrogens (tertiary/aromatic N) is 1. The minimum absolute atomic E-state index is 0.151. The number of carboxylic acid groups (broad SMARTS) is 1. The molecule has 1 aromatic carbocycles. The van der Waals surface area contributed by atoms with Crippen molar-refractivity contribution in [2.75, 3.05) is 13.1 Å². The summed E-state index contributed by atoms with van der Waals surface area (Å²) in [6, 6.07) is 9.45. The molecule has 0 bridgehead atoms. The molecular weight excluding hydrogens is 250 g/mol. The Labute approximate surface area is 120 Å². The van der Waals surface area contributed by atoms with Crippen molar-refractivity contribution in [3.8, 4) is 0 Å². The van der Waals surface area contributed by atoms with Gasteiger partial charge in [-0.1, -0.05) is 29.8 Å². The number of benzene rings is 1. The number of aliphatic carboxylic acids is 1. The lowest BCUT2D eigenvalue weighted by Gasteiger charge is -2.46. The highest BCUT2D eigenvalue weighted by molar-refractivity contribution is 5.70. The zero-order valence-corrected chi connectivity index (χ0v) is 12.1. The van der Waals surface area contributed by atoms with Crippen LogP contribution in [0.3, 0.4) is 0 Å². The third-order valence-corrected chi connectivity index (χ3v) is 4.98. The van der Waals surface area contributed by atoms with Gasteiger partial charge in [0.05, 0.1) is 5.92 Å². The van der Waals surface area contributed by atoms with Crippen LogP contribution in [-0.4, -0.2) is 35.1 Å². The predicted molar refractivity (Wildman–Crippen MR) is 78.9 cm³/mol. The van der Waals surface area contributed by atoms with Gasteiger partial charge < -0.3 is 5.11 Å². The minimum atomic E-state index is -0.621. The number of carbonyl (C=O) groups is 1. The first kappa shape index (κ1) is 13.6. The smallest absolute Gasteiger partial charge is 0.307 e. The Morgan fingerprint density at radius 2 is 1.95 bits per heavy atom. The van der Waals surface area contributed by atoms with E-state index in [1.54, 1.807) is 0 Å². The summed E-state index contributed by atoms with van der Waals surface area (Å²) in [5.74, 6) is -0.0999. The number of likely N-dealkylation sites (tertiary alicyclic amines) is 1. The van der Waals surface area contributed by atoms with E-state index < -0.39 is 5.97 Å². The lowest BCUT2D eigenvalue weighted by Crippen LogP contribution is -2.49. The van der Waals surface area contributed by atoms with Crippen LogP contribution in [0, 0.1) is 12.8 Å². The number of rotatable bonds is 3. The van der Waals surface area contributed by atoms with Gasteiger partial charge in [0.25, 0.3) is 0 Å². The molecule has 1 unspecified atom stereocenters. The zero-order chi connectivity index (χ0) is 14.1. The van der Waals surface area contributed by atoms with E-state index in [1.807, 2.05) is 0 Å². The first-order valence-electron chi connectivity index (χ1n) is 7.67. The Kier molecular flexibility index (Phi) is 3.79. The predicted octanol–water partition coefficient (Wildman–Crippen LogP) is 3.04. The van der Waals surface area contributed by atoms with E-state index in [-0.39, 0.29) is 5.92 Å². The first-order valence-corrected chi connectivity index (χ1v) is 7.67. The van der Waals surface area contributed by atoms with E-state index in [0.717, 1.165) is 25.9 Å². The highest BCUT2D eigenvalue weighted by atomic mass is 16.4. The van der Waals surface area contributed by atoms with Crippen molar-refractivity contribution in [1.29, 1.82) is 0 Å². The fraction of sp³-hybridized carbons (Fsp3) is 0.588. The summed E-state index contributed by atoms with van der Waals surface area (Å²) in [4.78, 5) is 13.5. The molecule has 1 saturated carbocycles. The summed E-state index contributed by atoms with van der Waals surface area (Å²) in [5.41, 5.74) is 2.75. The Balaban J connectivity index is 1.55. The molecule has 1 atom stereocenters. The molecule has 1 N–H and O–H groups in total. The molecule has 3 heteroatoms. The maximum atomic E-state index is 11.1. The van der Waals surface area contributed by atoms with Crippen LogP contribution in [0.25, 0.3) is 0 Å². The zero-order valence-electron chi connectivity index (χ0n) is 12.1. The van der Waals surface area contributed by atoms with Gasteiger partial charge in [-0.05, 0) is 50.6 Å². The SMILES string of the molecule is Cc1ccc(C2CC(N3CCCC(C(=O)O)C3)C2)cc1. The van der Waals surface area contributed by atoms with E-state index in [1.165, 1.54) is 24.0 Å². The molecule has 1 aliphatic carbocycles. The van der Waals surface area contributed by atoms with Crippen molar-refractivity contribution < 1.29 is 9.90 Å². The molecule has 20 heavy (non-hydrogen) atoms. The Morgan fingerprint density at radius 1 is 1.25 bits per heavy atom. The quantitative estimate of drug-likeness (QED) is 0.920. The van der Waals surface area contributed by atoms with Crippen molar-refractivity contribution in [3.63, 3.8) is 0 Å². The van der Waals surface area contributed by atoms with Gasteiger partial charge in [0, 0.05) is 12.6 Å². The van der Waals surface area contributed by atoms with Crippen molar-refractivity contribution in [2.45, 2.75) is 44.6 Å². The second kappa shape index (κ2) is 5.57. The van der Waals surface area contributed by atoms with Crippen LogP contribution in [0.15, 0.2) is 24.3 Å². The van der Waals surface area contributed by atoms with Crippen molar-refractivity contribution in [1.82, 2.24) is 4.90 Å². The van der Waals surface area contributed by atoms with E-state index in [2.05, 4.69) is 36.1 Å². The number of piperidine rings is 1. The fourth-order valence-electron chi connectivity index (χ4n) is 3.54. The Morgan fingerprint density at radius 3 is 2.60 bits per heavy atom. The highest BCUT2D eigenvalue weighted by Gasteiger charge is 2.37. The van der Waals surface area contributed by atoms with Crippen molar-refractivity contribution >= 4 is 5.97 Å². The van der Waals surface area contributed by atoms with Gasteiger partial charge in [0.15, 0.2) is 0 Å². The molecule has 0 aromatic heterocycles. The summed E-state index contributed by atoms with van der Waals surface area (Å²) in [5, 5.41) is 9.16. The van der Waals surface area contributed by atoms with Gasteiger partial charge in [-0.3, -0.25) is 9.69 Å². The first-order chi connectivity index (χ1) is 9.63. The Bertz CT molecular complexity index is 476. The summed E-state index contributed by atoms with van der Waals surface area (Å²) in [7, 11) is 0. The average Bonchev–Trinajstić information content (AvgIpc) is 2.40. The van der Waals surface area contributed by atoms with E-state index >= 15 is 0 Å². The van der Waals surface area contributed by atoms with Gasteiger partial charge in [-0.2, -0.15) is 0 Å². The van der Waals surface area contributed by atoms with Gasteiger partial charge in [-0.15, -0.1) is 0 Å². The molecule has 108 valence electrons. The van der Waals surface area contributed by atoms with Crippen LogP contribution < -0.4 is 0 Å². The normalized spacial score (nSPS) is 30.8. The molecule has 1 aliphatic heterocycles. The van der Waals surface area contributed by atoms with Crippen molar-refractivity contribution in [2.24, 2.45) is 5.92 Å². The summed E-state index contributed by atoms with van der Waals surface area (Å²) in [6.45, 7) is 3.95. The van der Waals surface area contributed by atoms with Crippen LogP contribution in [0.2, 0.25) is 0 Å². The minimum Gasteiger partial charge on any atom is -0.481 e. The second-order valence-corrected chi connectivity index (χ2v) is 6.41. The monoisotopic (exact) mass is 273 g/mol. The average molecular weight is 273 g/mol. The second-order valence-electron chi connectivity index (χ2n) is 6.41. The van der Waals surface area contributed by atoms with Crippen LogP contribution in [0.4, 0.5) is 0 Å². The van der Waals surface area contributed by atoms with Crippen molar-refractivity contribution in [3.05, 3.63) is 35.4 Å². The highest BCUT2D eigenvalue weighted by Crippen LogP contribution is 2.41. The molecule has 3 nitrogen and oxygen atoms in total. The summed E-state index contributed by atoms with van der Waals surface area (Å²) in [6.07, 6.45) is 4.26. The van der Waals surface area contributed by atoms with E-state index in [4.69, 9.17) is 5.11 Å². The topological polar surface area (TPSA) is 40.5 Å². The van der Waals surface area contributed by atoms with Crippen LogP contribution >= 0.6 is 0 Å². The molecular formula is C17H23NO2. The fourth-order valence-corrected chi connectivity index (χ4v) is 3.54. The maximum Gasteiger partial charge on any atom is 0.307 e. The number of aryl methyl sites for hydroxylation is 1. The third-order valence-electron chi connectivity index (χ3n) is 4.98. The molecule has 0 radical (unpaired) electrons. The molecule has 0 amide bonds. The lowest BCUT2D eigenvalue weighted by atomic mass is 9.74. The van der Waals surface area contributed by atoms with Gasteiger partial charge in [-0.25, -0.2) is 0 Å².